The van der Waals surface area contributed by atoms with Gasteiger partial charge < -0.3 is 5.32 Å². The second-order valence-electron chi connectivity index (χ2n) is 5.76. The van der Waals surface area contributed by atoms with Crippen LogP contribution in [0.2, 0.25) is 0 Å². The van der Waals surface area contributed by atoms with Gasteiger partial charge in [0, 0.05) is 12.6 Å². The van der Waals surface area contributed by atoms with E-state index in [2.05, 4.69) is 17.0 Å². The van der Waals surface area contributed by atoms with Crippen LogP contribution in [0, 0.1) is 0 Å². The fraction of sp³-hybridized carbons (Fsp3) is 0.733. The molecule has 1 aliphatic carbocycles. The topological polar surface area (TPSA) is 58.2 Å². The van der Waals surface area contributed by atoms with Gasteiger partial charge >= 0.3 is 0 Å². The van der Waals surface area contributed by atoms with E-state index in [4.69, 9.17) is 0 Å². The number of hydrogen-bond donors (Lipinski definition) is 2. The van der Waals surface area contributed by atoms with Crippen LogP contribution < -0.4 is 10.0 Å². The zero-order chi connectivity index (χ0) is 15.1. The first kappa shape index (κ1) is 16.9. The molecule has 1 aromatic heterocycles. The maximum Gasteiger partial charge on any atom is 0.250 e. The Labute approximate surface area is 132 Å². The molecule has 0 atom stereocenters. The van der Waals surface area contributed by atoms with Gasteiger partial charge in [0.25, 0.3) is 0 Å². The van der Waals surface area contributed by atoms with Gasteiger partial charge in [0.1, 0.15) is 4.21 Å². The van der Waals surface area contributed by atoms with Crippen molar-refractivity contribution in [3.63, 3.8) is 0 Å². The minimum Gasteiger partial charge on any atom is -0.313 e. The highest BCUT2D eigenvalue weighted by molar-refractivity contribution is 7.91. The van der Waals surface area contributed by atoms with E-state index in [-0.39, 0.29) is 6.04 Å². The van der Waals surface area contributed by atoms with Crippen molar-refractivity contribution >= 4 is 21.4 Å². The fourth-order valence-corrected chi connectivity index (χ4v) is 5.20. The average Bonchev–Trinajstić information content (AvgIpc) is 2.79. The first-order chi connectivity index (χ1) is 10.1. The summed E-state index contributed by atoms with van der Waals surface area (Å²) in [7, 11) is -3.35. The van der Waals surface area contributed by atoms with Crippen molar-refractivity contribution in [3.05, 3.63) is 17.0 Å². The van der Waals surface area contributed by atoms with Crippen LogP contribution in [0.3, 0.4) is 0 Å². The third-order valence-corrected chi connectivity index (χ3v) is 6.84. The summed E-state index contributed by atoms with van der Waals surface area (Å²) in [4.78, 5) is 0. The number of thiophene rings is 1. The van der Waals surface area contributed by atoms with Crippen molar-refractivity contribution in [1.29, 1.82) is 0 Å². The molecule has 2 rings (SSSR count). The Morgan fingerprint density at radius 3 is 2.62 bits per heavy atom. The normalized spacial score (nSPS) is 17.8. The molecule has 0 bridgehead atoms. The van der Waals surface area contributed by atoms with E-state index >= 15 is 0 Å². The van der Waals surface area contributed by atoms with Gasteiger partial charge in [-0.25, -0.2) is 13.1 Å². The van der Waals surface area contributed by atoms with Crippen LogP contribution in [0.4, 0.5) is 0 Å². The summed E-state index contributed by atoms with van der Waals surface area (Å²) in [6, 6.07) is 1.91. The largest absolute Gasteiger partial charge is 0.313 e. The van der Waals surface area contributed by atoms with Gasteiger partial charge in [0.2, 0.25) is 10.0 Å². The van der Waals surface area contributed by atoms with Crippen LogP contribution in [0.1, 0.15) is 57.4 Å². The zero-order valence-electron chi connectivity index (χ0n) is 12.7. The van der Waals surface area contributed by atoms with Gasteiger partial charge in [-0.2, -0.15) is 0 Å². The Hall–Kier alpha value is -0.430. The highest BCUT2D eigenvalue weighted by atomic mass is 32.2. The second-order valence-corrected chi connectivity index (χ2v) is 8.61. The summed E-state index contributed by atoms with van der Waals surface area (Å²) >= 11 is 1.32. The first-order valence-electron chi connectivity index (χ1n) is 7.92. The van der Waals surface area contributed by atoms with E-state index in [0.29, 0.717) is 4.21 Å². The Kier molecular flexibility index (Phi) is 6.67. The Morgan fingerprint density at radius 2 is 1.95 bits per heavy atom. The maximum atomic E-state index is 12.4. The summed E-state index contributed by atoms with van der Waals surface area (Å²) in [5, 5.41) is 5.23. The first-order valence-corrected chi connectivity index (χ1v) is 10.3. The lowest BCUT2D eigenvalue weighted by Gasteiger charge is -2.15. The van der Waals surface area contributed by atoms with Crippen LogP contribution >= 0.6 is 11.3 Å². The average molecular weight is 331 g/mol. The van der Waals surface area contributed by atoms with Crippen molar-refractivity contribution in [2.24, 2.45) is 0 Å². The molecule has 2 N–H and O–H groups in total. The molecule has 0 aliphatic heterocycles. The fourth-order valence-electron chi connectivity index (χ4n) is 2.67. The van der Waals surface area contributed by atoms with E-state index in [0.717, 1.165) is 50.8 Å². The summed E-state index contributed by atoms with van der Waals surface area (Å²) in [6.45, 7) is 3.81. The van der Waals surface area contributed by atoms with Gasteiger partial charge in [-0.05, 0) is 42.8 Å². The van der Waals surface area contributed by atoms with Gasteiger partial charge in [-0.15, -0.1) is 11.3 Å². The molecule has 1 aromatic rings. The molecule has 1 fully saturated rings. The van der Waals surface area contributed by atoms with E-state index in [1.54, 1.807) is 6.07 Å². The summed E-state index contributed by atoms with van der Waals surface area (Å²) in [5.74, 6) is 0. The molecule has 21 heavy (non-hydrogen) atoms. The number of sulfonamides is 1. The molecule has 120 valence electrons. The lowest BCUT2D eigenvalue weighted by molar-refractivity contribution is 0.511. The highest BCUT2D eigenvalue weighted by Crippen LogP contribution is 2.23. The van der Waals surface area contributed by atoms with Gasteiger partial charge in [-0.1, -0.05) is 32.6 Å². The molecule has 1 saturated carbocycles. The minimum absolute atomic E-state index is 0.112. The summed E-state index contributed by atoms with van der Waals surface area (Å²) in [5.41, 5.74) is 1.05. The van der Waals surface area contributed by atoms with Crippen molar-refractivity contribution in [3.8, 4) is 0 Å². The Bertz CT molecular complexity index is 518. The van der Waals surface area contributed by atoms with Crippen LogP contribution in [0.25, 0.3) is 0 Å². The third kappa shape index (κ3) is 5.36. The molecule has 1 aliphatic rings. The number of nitrogens with one attached hydrogen (secondary N) is 2. The van der Waals surface area contributed by atoms with Gasteiger partial charge in [0.05, 0.1) is 0 Å². The third-order valence-electron chi connectivity index (χ3n) is 3.83. The summed E-state index contributed by atoms with van der Waals surface area (Å²) in [6.07, 6.45) is 7.73. The van der Waals surface area contributed by atoms with E-state index < -0.39 is 10.0 Å². The van der Waals surface area contributed by atoms with Crippen molar-refractivity contribution in [1.82, 2.24) is 10.0 Å². The minimum atomic E-state index is -3.35. The molecule has 6 heteroatoms. The van der Waals surface area contributed by atoms with E-state index in [1.165, 1.54) is 24.2 Å². The van der Waals surface area contributed by atoms with Crippen molar-refractivity contribution in [2.45, 2.75) is 68.7 Å². The summed E-state index contributed by atoms with van der Waals surface area (Å²) < 4.78 is 28.2. The van der Waals surface area contributed by atoms with Crippen molar-refractivity contribution < 1.29 is 8.42 Å². The predicted molar refractivity (Wildman–Crippen MR) is 88.1 cm³/mol. The Balaban J connectivity index is 1.95. The molecule has 0 unspecified atom stereocenters. The highest BCUT2D eigenvalue weighted by Gasteiger charge is 2.22. The van der Waals surface area contributed by atoms with E-state index in [9.17, 15) is 8.42 Å². The molecule has 0 aromatic carbocycles. The molecule has 4 nitrogen and oxygen atoms in total. The molecule has 0 saturated heterocycles. The second kappa shape index (κ2) is 8.27. The standard InChI is InChI=1S/C15H26N2O2S2/c1-2-9-16-11-13-10-15(20-12-13)21(18,19)17-14-7-5-3-4-6-8-14/h10,12,14,16-17H,2-9,11H2,1H3. The SMILES string of the molecule is CCCNCc1csc(S(=O)(=O)NC2CCCCCC2)c1. The van der Waals surface area contributed by atoms with Gasteiger partial charge in [-0.3, -0.25) is 0 Å². The molecular weight excluding hydrogens is 304 g/mol. The zero-order valence-corrected chi connectivity index (χ0v) is 14.4. The van der Waals surface area contributed by atoms with Crippen molar-refractivity contribution in [2.75, 3.05) is 6.54 Å². The Morgan fingerprint density at radius 1 is 1.24 bits per heavy atom. The molecular formula is C15H26N2O2S2. The van der Waals surface area contributed by atoms with Gasteiger partial charge in [0.15, 0.2) is 0 Å². The number of hydrogen-bond acceptors (Lipinski definition) is 4. The van der Waals surface area contributed by atoms with Crippen LogP contribution in [0.15, 0.2) is 15.7 Å². The van der Waals surface area contributed by atoms with E-state index in [1.807, 2.05) is 5.38 Å². The molecule has 0 amide bonds. The molecule has 1 heterocycles. The smallest absolute Gasteiger partial charge is 0.250 e. The lowest BCUT2D eigenvalue weighted by Crippen LogP contribution is -2.34. The van der Waals surface area contributed by atoms with Crippen LogP contribution in [0.5, 0.6) is 0 Å². The lowest BCUT2D eigenvalue weighted by atomic mass is 10.1. The molecule has 0 radical (unpaired) electrons. The number of rotatable bonds is 7. The van der Waals surface area contributed by atoms with Crippen LogP contribution in [-0.4, -0.2) is 21.0 Å². The predicted octanol–water partition coefficient (Wildman–Crippen LogP) is 3.25. The monoisotopic (exact) mass is 330 g/mol. The quantitative estimate of drug-likeness (QED) is 0.596. The van der Waals surface area contributed by atoms with Crippen LogP contribution in [-0.2, 0) is 16.6 Å². The maximum absolute atomic E-state index is 12.4. The molecule has 0 spiro atoms.